The minimum absolute atomic E-state index is 0.0530. The zero-order chi connectivity index (χ0) is 13.2. The summed E-state index contributed by atoms with van der Waals surface area (Å²) in [4.78, 5) is 11.4. The van der Waals surface area contributed by atoms with E-state index >= 15 is 0 Å². The standard InChI is InChI=1S/C16H15NO2/c18-16(19)15-13-9-5-4-8-12(13)10-14(17-15)11-6-2-1-3-7-11/h1-9,14-15,17H,10H2,(H,18,19). The number of carboxylic acids is 1. The molecule has 3 rings (SSSR count). The molecule has 96 valence electrons. The van der Waals surface area contributed by atoms with Crippen molar-refractivity contribution in [3.63, 3.8) is 0 Å². The molecule has 2 atom stereocenters. The van der Waals surface area contributed by atoms with Crippen LogP contribution in [0.3, 0.4) is 0 Å². The van der Waals surface area contributed by atoms with E-state index in [1.807, 2.05) is 54.6 Å². The molecule has 3 nitrogen and oxygen atoms in total. The minimum Gasteiger partial charge on any atom is -0.480 e. The normalized spacial score (nSPS) is 21.7. The molecule has 1 heterocycles. The van der Waals surface area contributed by atoms with Gasteiger partial charge in [0.15, 0.2) is 0 Å². The molecular formula is C16H15NO2. The highest BCUT2D eigenvalue weighted by Gasteiger charge is 2.31. The summed E-state index contributed by atoms with van der Waals surface area (Å²) >= 11 is 0. The molecule has 2 aromatic rings. The van der Waals surface area contributed by atoms with Crippen molar-refractivity contribution in [3.05, 3.63) is 71.3 Å². The van der Waals surface area contributed by atoms with Crippen LogP contribution in [-0.4, -0.2) is 11.1 Å². The van der Waals surface area contributed by atoms with Gasteiger partial charge in [0.05, 0.1) is 0 Å². The van der Waals surface area contributed by atoms with Crippen LogP contribution in [0.15, 0.2) is 54.6 Å². The molecule has 1 aliphatic heterocycles. The highest BCUT2D eigenvalue weighted by atomic mass is 16.4. The molecule has 0 spiro atoms. The van der Waals surface area contributed by atoms with Gasteiger partial charge in [0.1, 0.15) is 6.04 Å². The van der Waals surface area contributed by atoms with Crippen LogP contribution < -0.4 is 5.32 Å². The molecule has 2 aromatic carbocycles. The van der Waals surface area contributed by atoms with E-state index in [9.17, 15) is 9.90 Å². The quantitative estimate of drug-likeness (QED) is 0.865. The van der Waals surface area contributed by atoms with Gasteiger partial charge in [-0.25, -0.2) is 0 Å². The number of fused-ring (bicyclic) bond motifs is 1. The summed E-state index contributed by atoms with van der Waals surface area (Å²) < 4.78 is 0. The Kier molecular flexibility index (Phi) is 3.05. The molecule has 0 amide bonds. The van der Waals surface area contributed by atoms with E-state index in [0.717, 1.165) is 23.1 Å². The van der Waals surface area contributed by atoms with E-state index < -0.39 is 12.0 Å². The van der Waals surface area contributed by atoms with Gasteiger partial charge in [0.25, 0.3) is 0 Å². The van der Waals surface area contributed by atoms with Crippen LogP contribution in [0.5, 0.6) is 0 Å². The molecule has 1 aliphatic rings. The predicted octanol–water partition coefficient (Wildman–Crippen LogP) is 2.70. The SMILES string of the molecule is O=C(O)C1NC(c2ccccc2)Cc2ccccc21. The van der Waals surface area contributed by atoms with Crippen LogP contribution in [0.25, 0.3) is 0 Å². The van der Waals surface area contributed by atoms with E-state index in [2.05, 4.69) is 5.32 Å². The zero-order valence-corrected chi connectivity index (χ0v) is 10.4. The van der Waals surface area contributed by atoms with Gasteiger partial charge in [-0.05, 0) is 23.1 Å². The number of aliphatic carboxylic acids is 1. The van der Waals surface area contributed by atoms with E-state index in [0.29, 0.717) is 0 Å². The average Bonchev–Trinajstić information content (AvgIpc) is 2.47. The number of hydrogen-bond acceptors (Lipinski definition) is 2. The summed E-state index contributed by atoms with van der Waals surface area (Å²) in [5.74, 6) is -0.826. The maximum atomic E-state index is 11.4. The molecule has 2 unspecified atom stereocenters. The van der Waals surface area contributed by atoms with Gasteiger partial charge in [-0.3, -0.25) is 10.1 Å². The summed E-state index contributed by atoms with van der Waals surface area (Å²) in [6.45, 7) is 0. The van der Waals surface area contributed by atoms with Crippen molar-refractivity contribution in [2.45, 2.75) is 18.5 Å². The first-order chi connectivity index (χ1) is 9.25. The number of nitrogens with one attached hydrogen (secondary N) is 1. The van der Waals surface area contributed by atoms with E-state index in [4.69, 9.17) is 0 Å². The van der Waals surface area contributed by atoms with Crippen molar-refractivity contribution in [3.8, 4) is 0 Å². The second kappa shape index (κ2) is 4.86. The lowest BCUT2D eigenvalue weighted by molar-refractivity contribution is -0.140. The monoisotopic (exact) mass is 253 g/mol. The first kappa shape index (κ1) is 11.9. The first-order valence-electron chi connectivity index (χ1n) is 6.37. The summed E-state index contributed by atoms with van der Waals surface area (Å²) in [5, 5.41) is 12.6. The van der Waals surface area contributed by atoms with Gasteiger partial charge < -0.3 is 5.11 Å². The fourth-order valence-corrected chi connectivity index (χ4v) is 2.68. The highest BCUT2D eigenvalue weighted by Crippen LogP contribution is 2.31. The van der Waals surface area contributed by atoms with E-state index in [1.165, 1.54) is 0 Å². The Balaban J connectivity index is 1.99. The van der Waals surface area contributed by atoms with Crippen LogP contribution in [0.1, 0.15) is 28.8 Å². The maximum Gasteiger partial charge on any atom is 0.325 e. The molecule has 0 aliphatic carbocycles. The Morgan fingerprint density at radius 3 is 2.47 bits per heavy atom. The van der Waals surface area contributed by atoms with Crippen molar-refractivity contribution >= 4 is 5.97 Å². The zero-order valence-electron chi connectivity index (χ0n) is 10.4. The molecule has 0 saturated carbocycles. The number of benzene rings is 2. The largest absolute Gasteiger partial charge is 0.480 e. The van der Waals surface area contributed by atoms with Crippen molar-refractivity contribution in [2.24, 2.45) is 0 Å². The fourth-order valence-electron chi connectivity index (χ4n) is 2.68. The fraction of sp³-hybridized carbons (Fsp3) is 0.188. The molecular weight excluding hydrogens is 238 g/mol. The Labute approximate surface area is 111 Å². The number of rotatable bonds is 2. The molecule has 0 bridgehead atoms. The Morgan fingerprint density at radius 1 is 1.05 bits per heavy atom. The third-order valence-electron chi connectivity index (χ3n) is 3.61. The van der Waals surface area contributed by atoms with Gasteiger partial charge in [0, 0.05) is 6.04 Å². The lowest BCUT2D eigenvalue weighted by Gasteiger charge is -2.31. The Morgan fingerprint density at radius 2 is 1.74 bits per heavy atom. The van der Waals surface area contributed by atoms with Crippen LogP contribution in [0.2, 0.25) is 0 Å². The third-order valence-corrected chi connectivity index (χ3v) is 3.61. The first-order valence-corrected chi connectivity index (χ1v) is 6.37. The van der Waals surface area contributed by atoms with E-state index in [1.54, 1.807) is 0 Å². The smallest absolute Gasteiger partial charge is 0.325 e. The van der Waals surface area contributed by atoms with Gasteiger partial charge in [-0.15, -0.1) is 0 Å². The van der Waals surface area contributed by atoms with Crippen molar-refractivity contribution < 1.29 is 9.90 Å². The predicted molar refractivity (Wildman–Crippen MR) is 72.8 cm³/mol. The topological polar surface area (TPSA) is 49.3 Å². The summed E-state index contributed by atoms with van der Waals surface area (Å²) in [7, 11) is 0. The van der Waals surface area contributed by atoms with Crippen LogP contribution in [0, 0.1) is 0 Å². The average molecular weight is 253 g/mol. The lowest BCUT2D eigenvalue weighted by Crippen LogP contribution is -2.37. The third kappa shape index (κ3) is 2.25. The maximum absolute atomic E-state index is 11.4. The van der Waals surface area contributed by atoms with Crippen LogP contribution in [-0.2, 0) is 11.2 Å². The van der Waals surface area contributed by atoms with Gasteiger partial charge in [-0.1, -0.05) is 54.6 Å². The highest BCUT2D eigenvalue weighted by molar-refractivity contribution is 5.76. The molecule has 3 heteroatoms. The number of carboxylic acid groups (broad SMARTS) is 1. The molecule has 0 fully saturated rings. The molecule has 0 radical (unpaired) electrons. The van der Waals surface area contributed by atoms with Crippen molar-refractivity contribution in [2.75, 3.05) is 0 Å². The van der Waals surface area contributed by atoms with Crippen LogP contribution >= 0.6 is 0 Å². The van der Waals surface area contributed by atoms with Gasteiger partial charge in [-0.2, -0.15) is 0 Å². The number of hydrogen-bond donors (Lipinski definition) is 2. The molecule has 0 saturated heterocycles. The lowest BCUT2D eigenvalue weighted by atomic mass is 9.87. The second-order valence-electron chi connectivity index (χ2n) is 4.80. The van der Waals surface area contributed by atoms with Crippen molar-refractivity contribution in [1.82, 2.24) is 5.32 Å². The Bertz CT molecular complexity index is 595. The van der Waals surface area contributed by atoms with Crippen molar-refractivity contribution in [1.29, 1.82) is 0 Å². The summed E-state index contributed by atoms with van der Waals surface area (Å²) in [6, 6.07) is 17.2. The van der Waals surface area contributed by atoms with E-state index in [-0.39, 0.29) is 6.04 Å². The van der Waals surface area contributed by atoms with Gasteiger partial charge >= 0.3 is 5.97 Å². The second-order valence-corrected chi connectivity index (χ2v) is 4.80. The summed E-state index contributed by atoms with van der Waals surface area (Å²) in [5.41, 5.74) is 3.12. The Hall–Kier alpha value is -2.13. The summed E-state index contributed by atoms with van der Waals surface area (Å²) in [6.07, 6.45) is 0.823. The molecule has 19 heavy (non-hydrogen) atoms. The number of carbonyl (C=O) groups is 1. The molecule has 0 aromatic heterocycles. The molecule has 2 N–H and O–H groups in total. The van der Waals surface area contributed by atoms with Crippen LogP contribution in [0.4, 0.5) is 0 Å². The van der Waals surface area contributed by atoms with Gasteiger partial charge in [0.2, 0.25) is 0 Å². The minimum atomic E-state index is -0.826.